The summed E-state index contributed by atoms with van der Waals surface area (Å²) in [6, 6.07) is 7.39. The summed E-state index contributed by atoms with van der Waals surface area (Å²) >= 11 is 0. The van der Waals surface area contributed by atoms with E-state index < -0.39 is 0 Å². The average Bonchev–Trinajstić information content (AvgIpc) is 2.42. The Kier molecular flexibility index (Phi) is 7.76. The van der Waals surface area contributed by atoms with Gasteiger partial charge in [0.15, 0.2) is 0 Å². The van der Waals surface area contributed by atoms with Gasteiger partial charge < -0.3 is 15.1 Å². The Morgan fingerprint density at radius 3 is 2.38 bits per heavy atom. The van der Waals surface area contributed by atoms with Gasteiger partial charge in [0.2, 0.25) is 0 Å². The molecule has 0 aliphatic carbocycles. The van der Waals surface area contributed by atoms with Crippen molar-refractivity contribution in [1.82, 2.24) is 10.2 Å². The van der Waals surface area contributed by atoms with Crippen molar-refractivity contribution < 1.29 is 0 Å². The van der Waals surface area contributed by atoms with Crippen molar-refractivity contribution in [3.05, 3.63) is 29.3 Å². The van der Waals surface area contributed by atoms with Crippen molar-refractivity contribution in [1.29, 1.82) is 0 Å². The van der Waals surface area contributed by atoms with Gasteiger partial charge >= 0.3 is 0 Å². The summed E-state index contributed by atoms with van der Waals surface area (Å²) in [4.78, 5) is 4.74. The van der Waals surface area contributed by atoms with Crippen LogP contribution < -0.4 is 10.2 Å². The standard InChI is InChI=1S/C18H33N3/c1-7-21(12-8-11-20(5)6)18-10-9-17(13-16(18)4)14-19-15(2)3/h9-10,13,15,19H,7-8,11-12,14H2,1-6H3. The van der Waals surface area contributed by atoms with Gasteiger partial charge in [-0.05, 0) is 58.1 Å². The second-order valence-electron chi connectivity index (χ2n) is 6.39. The predicted octanol–water partition coefficient (Wildman–Crippen LogP) is 3.27. The first-order valence-electron chi connectivity index (χ1n) is 8.16. The van der Waals surface area contributed by atoms with Gasteiger partial charge in [0.1, 0.15) is 0 Å². The number of rotatable bonds is 9. The Bertz CT molecular complexity index is 413. The quantitative estimate of drug-likeness (QED) is 0.753. The van der Waals surface area contributed by atoms with Crippen molar-refractivity contribution >= 4 is 5.69 Å². The van der Waals surface area contributed by atoms with Gasteiger partial charge in [-0.2, -0.15) is 0 Å². The highest BCUT2D eigenvalue weighted by Crippen LogP contribution is 2.21. The van der Waals surface area contributed by atoms with Crippen molar-refractivity contribution in [3.63, 3.8) is 0 Å². The summed E-state index contributed by atoms with van der Waals surface area (Å²) in [7, 11) is 4.27. The molecular formula is C18H33N3. The summed E-state index contributed by atoms with van der Waals surface area (Å²) in [5, 5.41) is 3.48. The zero-order valence-corrected chi connectivity index (χ0v) is 14.7. The van der Waals surface area contributed by atoms with E-state index in [9.17, 15) is 0 Å². The summed E-state index contributed by atoms with van der Waals surface area (Å²) in [5.41, 5.74) is 4.13. The fraction of sp³-hybridized carbons (Fsp3) is 0.667. The highest BCUT2D eigenvalue weighted by molar-refractivity contribution is 5.54. The van der Waals surface area contributed by atoms with E-state index in [1.54, 1.807) is 0 Å². The maximum atomic E-state index is 3.48. The van der Waals surface area contributed by atoms with Crippen LogP contribution in [0, 0.1) is 6.92 Å². The molecule has 21 heavy (non-hydrogen) atoms. The van der Waals surface area contributed by atoms with E-state index >= 15 is 0 Å². The van der Waals surface area contributed by atoms with Gasteiger partial charge in [0, 0.05) is 31.4 Å². The average molecular weight is 291 g/mol. The van der Waals surface area contributed by atoms with Gasteiger partial charge in [-0.15, -0.1) is 0 Å². The molecule has 3 nitrogen and oxygen atoms in total. The third kappa shape index (κ3) is 6.49. The molecule has 0 heterocycles. The number of hydrogen-bond donors (Lipinski definition) is 1. The zero-order chi connectivity index (χ0) is 15.8. The van der Waals surface area contributed by atoms with Gasteiger partial charge in [-0.1, -0.05) is 26.0 Å². The van der Waals surface area contributed by atoms with Crippen LogP contribution >= 0.6 is 0 Å². The van der Waals surface area contributed by atoms with Crippen LogP contribution in [0.2, 0.25) is 0 Å². The summed E-state index contributed by atoms with van der Waals surface area (Å²) in [5.74, 6) is 0. The lowest BCUT2D eigenvalue weighted by atomic mass is 10.1. The van der Waals surface area contributed by atoms with Crippen LogP contribution in [-0.2, 0) is 6.54 Å². The molecule has 0 amide bonds. The number of anilines is 1. The molecule has 1 rings (SSSR count). The Hall–Kier alpha value is -1.06. The molecule has 0 radical (unpaired) electrons. The van der Waals surface area contributed by atoms with Crippen LogP contribution in [0.5, 0.6) is 0 Å². The minimum absolute atomic E-state index is 0.531. The zero-order valence-electron chi connectivity index (χ0n) is 14.7. The Morgan fingerprint density at radius 1 is 1.14 bits per heavy atom. The van der Waals surface area contributed by atoms with Crippen molar-refractivity contribution in [2.24, 2.45) is 0 Å². The molecule has 0 aliphatic heterocycles. The second-order valence-corrected chi connectivity index (χ2v) is 6.39. The lowest BCUT2D eigenvalue weighted by Crippen LogP contribution is -2.27. The molecule has 1 aromatic rings. The molecule has 0 saturated carbocycles. The Balaban J connectivity index is 2.67. The molecule has 120 valence electrons. The highest BCUT2D eigenvalue weighted by Gasteiger charge is 2.08. The normalized spacial score (nSPS) is 11.4. The van der Waals surface area contributed by atoms with E-state index in [2.05, 4.69) is 75.1 Å². The number of hydrogen-bond acceptors (Lipinski definition) is 3. The molecular weight excluding hydrogens is 258 g/mol. The molecule has 0 aromatic heterocycles. The summed E-state index contributed by atoms with van der Waals surface area (Å²) in [6.45, 7) is 13.1. The van der Waals surface area contributed by atoms with E-state index in [1.165, 1.54) is 23.2 Å². The molecule has 0 saturated heterocycles. The van der Waals surface area contributed by atoms with E-state index in [1.807, 2.05) is 0 Å². The summed E-state index contributed by atoms with van der Waals surface area (Å²) in [6.07, 6.45) is 1.21. The first kappa shape index (κ1) is 18.0. The van der Waals surface area contributed by atoms with Crippen LogP contribution in [0.25, 0.3) is 0 Å². The predicted molar refractivity (Wildman–Crippen MR) is 94.2 cm³/mol. The van der Waals surface area contributed by atoms with Crippen LogP contribution in [0.1, 0.15) is 38.3 Å². The molecule has 0 spiro atoms. The second kappa shape index (κ2) is 9.06. The number of nitrogens with zero attached hydrogens (tertiary/aromatic N) is 2. The number of nitrogens with one attached hydrogen (secondary N) is 1. The molecule has 0 atom stereocenters. The molecule has 3 heteroatoms. The summed E-state index contributed by atoms with van der Waals surface area (Å²) < 4.78 is 0. The van der Waals surface area contributed by atoms with Crippen LogP contribution in [0.3, 0.4) is 0 Å². The fourth-order valence-corrected chi connectivity index (χ4v) is 2.53. The molecule has 0 aliphatic rings. The smallest absolute Gasteiger partial charge is 0.0396 e. The number of aryl methyl sites for hydroxylation is 1. The third-order valence-electron chi connectivity index (χ3n) is 3.73. The van der Waals surface area contributed by atoms with Gasteiger partial charge in [0.05, 0.1) is 0 Å². The van der Waals surface area contributed by atoms with Crippen LogP contribution in [-0.4, -0.2) is 44.7 Å². The highest BCUT2D eigenvalue weighted by atomic mass is 15.1. The Labute approximate surface area is 131 Å². The van der Waals surface area contributed by atoms with Crippen LogP contribution in [0.4, 0.5) is 5.69 Å². The van der Waals surface area contributed by atoms with Gasteiger partial charge in [-0.25, -0.2) is 0 Å². The topological polar surface area (TPSA) is 18.5 Å². The van der Waals surface area contributed by atoms with E-state index in [4.69, 9.17) is 0 Å². The molecule has 1 aromatic carbocycles. The fourth-order valence-electron chi connectivity index (χ4n) is 2.53. The molecule has 0 bridgehead atoms. The first-order chi connectivity index (χ1) is 9.93. The molecule has 0 unspecified atom stereocenters. The van der Waals surface area contributed by atoms with Crippen LogP contribution in [0.15, 0.2) is 18.2 Å². The molecule has 1 N–H and O–H groups in total. The first-order valence-corrected chi connectivity index (χ1v) is 8.16. The maximum Gasteiger partial charge on any atom is 0.0396 e. The van der Waals surface area contributed by atoms with E-state index in [0.29, 0.717) is 6.04 Å². The van der Waals surface area contributed by atoms with Crippen molar-refractivity contribution in [2.75, 3.05) is 38.6 Å². The lowest BCUT2D eigenvalue weighted by molar-refractivity contribution is 0.400. The van der Waals surface area contributed by atoms with E-state index in [0.717, 1.165) is 26.2 Å². The van der Waals surface area contributed by atoms with Crippen molar-refractivity contribution in [3.8, 4) is 0 Å². The van der Waals surface area contributed by atoms with Gasteiger partial charge in [-0.3, -0.25) is 0 Å². The minimum Gasteiger partial charge on any atom is -0.372 e. The molecule has 0 fully saturated rings. The third-order valence-corrected chi connectivity index (χ3v) is 3.73. The lowest BCUT2D eigenvalue weighted by Gasteiger charge is -2.26. The largest absolute Gasteiger partial charge is 0.372 e. The van der Waals surface area contributed by atoms with Gasteiger partial charge in [0.25, 0.3) is 0 Å². The monoisotopic (exact) mass is 291 g/mol. The Morgan fingerprint density at radius 2 is 1.86 bits per heavy atom. The SMILES string of the molecule is CCN(CCCN(C)C)c1ccc(CNC(C)C)cc1C. The van der Waals surface area contributed by atoms with Crippen molar-refractivity contribution in [2.45, 2.75) is 46.7 Å². The maximum absolute atomic E-state index is 3.48. The minimum atomic E-state index is 0.531. The van der Waals surface area contributed by atoms with E-state index in [-0.39, 0.29) is 0 Å². The number of benzene rings is 1.